The summed E-state index contributed by atoms with van der Waals surface area (Å²) in [6.45, 7) is 6.86. The average molecular weight is 260 g/mol. The van der Waals surface area contributed by atoms with Gasteiger partial charge in [0.25, 0.3) is 0 Å². The second-order valence-corrected chi connectivity index (χ2v) is 5.71. The first-order valence-electron chi connectivity index (χ1n) is 7.92. The highest BCUT2D eigenvalue weighted by atomic mass is 15.2. The molecule has 2 heteroatoms. The fraction of sp³-hybridized carbons (Fsp3) is 0.647. The van der Waals surface area contributed by atoms with Crippen LogP contribution in [0.3, 0.4) is 0 Å². The maximum absolute atomic E-state index is 3.52. The zero-order valence-corrected chi connectivity index (χ0v) is 12.5. The van der Waals surface area contributed by atoms with Crippen molar-refractivity contribution in [2.45, 2.75) is 58.4 Å². The summed E-state index contributed by atoms with van der Waals surface area (Å²) in [6, 6.07) is 9.30. The van der Waals surface area contributed by atoms with Gasteiger partial charge >= 0.3 is 0 Å². The lowest BCUT2D eigenvalue weighted by atomic mass is 10.1. The van der Waals surface area contributed by atoms with Crippen LogP contribution in [-0.2, 0) is 0 Å². The van der Waals surface area contributed by atoms with E-state index >= 15 is 0 Å². The van der Waals surface area contributed by atoms with Crippen molar-refractivity contribution in [2.24, 2.45) is 0 Å². The molecule has 1 atom stereocenters. The Morgan fingerprint density at radius 2 is 1.84 bits per heavy atom. The number of nitrogens with zero attached hydrogens (tertiary/aromatic N) is 1. The van der Waals surface area contributed by atoms with Crippen LogP contribution in [0.25, 0.3) is 0 Å². The van der Waals surface area contributed by atoms with Crippen LogP contribution < -0.4 is 10.2 Å². The summed E-state index contributed by atoms with van der Waals surface area (Å²) >= 11 is 0. The second-order valence-electron chi connectivity index (χ2n) is 5.71. The molecule has 1 heterocycles. The van der Waals surface area contributed by atoms with Crippen LogP contribution in [0.4, 0.5) is 11.4 Å². The standard InChI is InChI=1S/C17H28N2/c1-3-4-5-6-7-10-13-19-15(2)14-18-16-11-8-9-12-17(16)19/h8-9,11-12,15,18H,3-7,10,13-14H2,1-2H3. The quantitative estimate of drug-likeness (QED) is 0.717. The Labute approximate surface area is 118 Å². The highest BCUT2D eigenvalue weighted by Crippen LogP contribution is 2.31. The molecule has 1 aromatic rings. The van der Waals surface area contributed by atoms with Crippen molar-refractivity contribution < 1.29 is 0 Å². The van der Waals surface area contributed by atoms with Crippen LogP contribution in [0.2, 0.25) is 0 Å². The van der Waals surface area contributed by atoms with Crippen LogP contribution in [0.1, 0.15) is 52.4 Å². The smallest absolute Gasteiger partial charge is 0.0605 e. The van der Waals surface area contributed by atoms with E-state index in [0.717, 1.165) is 6.54 Å². The first-order valence-corrected chi connectivity index (χ1v) is 7.92. The van der Waals surface area contributed by atoms with Crippen LogP contribution in [0, 0.1) is 0 Å². The van der Waals surface area contributed by atoms with Crippen LogP contribution >= 0.6 is 0 Å². The zero-order chi connectivity index (χ0) is 13.5. The molecule has 0 aromatic heterocycles. The molecule has 1 aromatic carbocycles. The minimum absolute atomic E-state index is 0.602. The zero-order valence-electron chi connectivity index (χ0n) is 12.5. The Morgan fingerprint density at radius 3 is 2.68 bits per heavy atom. The van der Waals surface area contributed by atoms with Gasteiger partial charge in [-0.2, -0.15) is 0 Å². The highest BCUT2D eigenvalue weighted by molar-refractivity contribution is 5.72. The average Bonchev–Trinajstić information content (AvgIpc) is 2.44. The molecule has 0 fully saturated rings. The van der Waals surface area contributed by atoms with E-state index in [9.17, 15) is 0 Å². The minimum Gasteiger partial charge on any atom is -0.381 e. The van der Waals surface area contributed by atoms with E-state index in [1.54, 1.807) is 0 Å². The monoisotopic (exact) mass is 260 g/mol. The summed E-state index contributed by atoms with van der Waals surface area (Å²) < 4.78 is 0. The van der Waals surface area contributed by atoms with Gasteiger partial charge in [-0.15, -0.1) is 0 Å². The van der Waals surface area contributed by atoms with Gasteiger partial charge in [0.05, 0.1) is 11.4 Å². The molecule has 1 aliphatic rings. The van der Waals surface area contributed by atoms with E-state index in [1.165, 1.54) is 56.4 Å². The Morgan fingerprint density at radius 1 is 1.11 bits per heavy atom. The molecule has 0 bridgehead atoms. The summed E-state index contributed by atoms with van der Waals surface area (Å²) in [7, 11) is 0. The van der Waals surface area contributed by atoms with Crippen molar-refractivity contribution in [3.8, 4) is 0 Å². The van der Waals surface area contributed by atoms with Gasteiger partial charge in [0, 0.05) is 19.1 Å². The molecule has 0 amide bonds. The highest BCUT2D eigenvalue weighted by Gasteiger charge is 2.21. The normalized spacial score (nSPS) is 18.0. The van der Waals surface area contributed by atoms with Crippen molar-refractivity contribution in [3.63, 3.8) is 0 Å². The molecule has 2 rings (SSSR count). The molecule has 0 saturated carbocycles. The Bertz CT molecular complexity index is 375. The van der Waals surface area contributed by atoms with Gasteiger partial charge in [-0.25, -0.2) is 0 Å². The van der Waals surface area contributed by atoms with Crippen molar-refractivity contribution in [3.05, 3.63) is 24.3 Å². The first kappa shape index (κ1) is 14.2. The topological polar surface area (TPSA) is 15.3 Å². The van der Waals surface area contributed by atoms with Crippen molar-refractivity contribution in [2.75, 3.05) is 23.3 Å². The molecule has 0 saturated heterocycles. The molecule has 1 aliphatic heterocycles. The van der Waals surface area contributed by atoms with E-state index in [0.29, 0.717) is 6.04 Å². The number of fused-ring (bicyclic) bond motifs is 1. The molecule has 1 unspecified atom stereocenters. The maximum Gasteiger partial charge on any atom is 0.0605 e. The van der Waals surface area contributed by atoms with E-state index < -0.39 is 0 Å². The number of hydrogen-bond donors (Lipinski definition) is 1. The number of nitrogens with one attached hydrogen (secondary N) is 1. The second kappa shape index (κ2) is 7.42. The van der Waals surface area contributed by atoms with E-state index in [-0.39, 0.29) is 0 Å². The van der Waals surface area contributed by atoms with E-state index in [4.69, 9.17) is 0 Å². The predicted octanol–water partition coefficient (Wildman–Crippen LogP) is 4.67. The van der Waals surface area contributed by atoms with Gasteiger partial charge in [-0.1, -0.05) is 51.2 Å². The molecule has 106 valence electrons. The molecule has 2 nitrogen and oxygen atoms in total. The minimum atomic E-state index is 0.602. The number of benzene rings is 1. The molecule has 0 spiro atoms. The maximum atomic E-state index is 3.52. The fourth-order valence-electron chi connectivity index (χ4n) is 2.88. The van der Waals surface area contributed by atoms with Crippen molar-refractivity contribution in [1.82, 2.24) is 0 Å². The van der Waals surface area contributed by atoms with Crippen LogP contribution in [0.15, 0.2) is 24.3 Å². The lowest BCUT2D eigenvalue weighted by Crippen LogP contribution is -2.42. The molecular weight excluding hydrogens is 232 g/mol. The van der Waals surface area contributed by atoms with Gasteiger partial charge in [0.15, 0.2) is 0 Å². The molecule has 0 aliphatic carbocycles. The lowest BCUT2D eigenvalue weighted by Gasteiger charge is -2.37. The van der Waals surface area contributed by atoms with Crippen molar-refractivity contribution >= 4 is 11.4 Å². The third kappa shape index (κ3) is 3.89. The number of anilines is 2. The molecule has 0 radical (unpaired) electrons. The Kier molecular flexibility index (Phi) is 5.56. The number of rotatable bonds is 7. The van der Waals surface area contributed by atoms with E-state index in [2.05, 4.69) is 48.3 Å². The largest absolute Gasteiger partial charge is 0.381 e. The first-order chi connectivity index (χ1) is 9.33. The summed E-state index contributed by atoms with van der Waals surface area (Å²) in [5, 5.41) is 3.52. The third-order valence-electron chi connectivity index (χ3n) is 4.09. The van der Waals surface area contributed by atoms with Gasteiger partial charge in [-0.3, -0.25) is 0 Å². The summed E-state index contributed by atoms with van der Waals surface area (Å²) in [5.41, 5.74) is 2.68. The van der Waals surface area contributed by atoms with Gasteiger partial charge in [-0.05, 0) is 25.5 Å². The van der Waals surface area contributed by atoms with Gasteiger partial charge in [0.1, 0.15) is 0 Å². The summed E-state index contributed by atoms with van der Waals surface area (Å²) in [4.78, 5) is 2.58. The summed E-state index contributed by atoms with van der Waals surface area (Å²) in [6.07, 6.45) is 8.23. The summed E-state index contributed by atoms with van der Waals surface area (Å²) in [5.74, 6) is 0. The SMILES string of the molecule is CCCCCCCCN1c2ccccc2NCC1C. The third-order valence-corrected chi connectivity index (χ3v) is 4.09. The molecule has 1 N–H and O–H groups in total. The van der Waals surface area contributed by atoms with E-state index in [1.807, 2.05) is 0 Å². The van der Waals surface area contributed by atoms with Crippen LogP contribution in [-0.4, -0.2) is 19.1 Å². The molecular formula is C17H28N2. The van der Waals surface area contributed by atoms with Gasteiger partial charge < -0.3 is 10.2 Å². The van der Waals surface area contributed by atoms with Gasteiger partial charge in [0.2, 0.25) is 0 Å². The van der Waals surface area contributed by atoms with Crippen molar-refractivity contribution in [1.29, 1.82) is 0 Å². The fourth-order valence-corrected chi connectivity index (χ4v) is 2.88. The van der Waals surface area contributed by atoms with Crippen LogP contribution in [0.5, 0.6) is 0 Å². The Balaban J connectivity index is 1.82. The number of para-hydroxylation sites is 2. The predicted molar refractivity (Wildman–Crippen MR) is 85.1 cm³/mol. The number of unbranched alkanes of at least 4 members (excludes halogenated alkanes) is 5. The molecule has 19 heavy (non-hydrogen) atoms. The Hall–Kier alpha value is -1.18. The lowest BCUT2D eigenvalue weighted by molar-refractivity contribution is 0.570. The number of hydrogen-bond acceptors (Lipinski definition) is 2.